The van der Waals surface area contributed by atoms with Crippen molar-refractivity contribution < 1.29 is 27.4 Å². The largest absolute Gasteiger partial charge is 0.486 e. The first kappa shape index (κ1) is 25.4. The van der Waals surface area contributed by atoms with E-state index in [2.05, 4.69) is 20.2 Å². The molecule has 0 spiro atoms. The number of H-pyrrole nitrogens is 1. The van der Waals surface area contributed by atoms with Crippen molar-refractivity contribution >= 4 is 11.9 Å². The molecule has 0 aliphatic carbocycles. The fraction of sp³-hybridized carbons (Fsp3) is 0.571. The minimum Gasteiger partial charge on any atom is -0.486 e. The molecule has 186 valence electrons. The quantitative estimate of drug-likeness (QED) is 0.536. The van der Waals surface area contributed by atoms with Gasteiger partial charge in [0.1, 0.15) is 11.9 Å². The molecule has 34 heavy (non-hydrogen) atoms. The number of hydrogen-bond acceptors (Lipinski definition) is 8. The maximum absolute atomic E-state index is 12.7. The summed E-state index contributed by atoms with van der Waals surface area (Å²) in [5.41, 5.74) is -0.779. The van der Waals surface area contributed by atoms with Gasteiger partial charge in [-0.05, 0) is 13.3 Å². The van der Waals surface area contributed by atoms with Gasteiger partial charge >= 0.3 is 6.18 Å². The zero-order valence-electron chi connectivity index (χ0n) is 19.0. The zero-order valence-corrected chi connectivity index (χ0v) is 19.0. The number of aromatic nitrogens is 4. The first-order chi connectivity index (χ1) is 16.2. The van der Waals surface area contributed by atoms with E-state index in [0.29, 0.717) is 43.9 Å². The van der Waals surface area contributed by atoms with Crippen LogP contribution in [0, 0.1) is 6.92 Å². The summed E-state index contributed by atoms with van der Waals surface area (Å²) in [4.78, 5) is 35.1. The molecule has 1 N–H and O–H groups in total. The summed E-state index contributed by atoms with van der Waals surface area (Å²) in [5.74, 6) is 0.529. The third-order valence-corrected chi connectivity index (χ3v) is 5.45. The van der Waals surface area contributed by atoms with Crippen LogP contribution in [0.1, 0.15) is 30.9 Å². The van der Waals surface area contributed by atoms with Gasteiger partial charge in [-0.3, -0.25) is 9.59 Å². The lowest BCUT2D eigenvalue weighted by Crippen LogP contribution is -2.49. The molecule has 0 unspecified atom stereocenters. The number of rotatable bonds is 9. The molecule has 1 aliphatic rings. The predicted octanol–water partition coefficient (Wildman–Crippen LogP) is 1.80. The summed E-state index contributed by atoms with van der Waals surface area (Å²) < 4.78 is 49.4. The average molecular weight is 484 g/mol. The van der Waals surface area contributed by atoms with E-state index < -0.39 is 11.7 Å². The molecule has 13 heteroatoms. The van der Waals surface area contributed by atoms with E-state index in [4.69, 9.17) is 9.47 Å². The summed E-state index contributed by atoms with van der Waals surface area (Å²) in [7, 11) is 0. The van der Waals surface area contributed by atoms with Crippen LogP contribution >= 0.6 is 0 Å². The number of ether oxygens (including phenoxy) is 2. The van der Waals surface area contributed by atoms with Crippen LogP contribution in [0.15, 0.2) is 23.4 Å². The van der Waals surface area contributed by atoms with Gasteiger partial charge in [0.25, 0.3) is 5.56 Å². The fourth-order valence-corrected chi connectivity index (χ4v) is 3.29. The second-order valence-electron chi connectivity index (χ2n) is 7.80. The molecule has 2 aromatic heterocycles. The number of carbonyl (C=O) groups is 1. The lowest BCUT2D eigenvalue weighted by molar-refractivity contribution is -0.138. The molecular formula is C21H27F3N6O4. The summed E-state index contributed by atoms with van der Waals surface area (Å²) in [5, 5.41) is 6.07. The van der Waals surface area contributed by atoms with E-state index >= 15 is 0 Å². The molecule has 1 atom stereocenters. The lowest BCUT2D eigenvalue weighted by Gasteiger charge is -2.34. The van der Waals surface area contributed by atoms with Crippen molar-refractivity contribution in [2.75, 3.05) is 44.3 Å². The van der Waals surface area contributed by atoms with Gasteiger partial charge < -0.3 is 19.3 Å². The van der Waals surface area contributed by atoms with E-state index in [1.165, 1.54) is 6.20 Å². The highest BCUT2D eigenvalue weighted by atomic mass is 19.4. The Morgan fingerprint density at radius 1 is 1.18 bits per heavy atom. The summed E-state index contributed by atoms with van der Waals surface area (Å²) >= 11 is 0. The number of carbonyl (C=O) groups excluding carboxylic acids is 1. The van der Waals surface area contributed by atoms with Crippen LogP contribution in [-0.4, -0.2) is 76.5 Å². The van der Waals surface area contributed by atoms with Gasteiger partial charge in [-0.1, -0.05) is 6.92 Å². The number of nitrogens with zero attached hydrogens (tertiary/aromatic N) is 5. The van der Waals surface area contributed by atoms with Crippen LogP contribution in [0.3, 0.4) is 0 Å². The Labute approximate surface area is 194 Å². The molecule has 0 aromatic carbocycles. The highest BCUT2D eigenvalue weighted by molar-refractivity contribution is 5.76. The van der Waals surface area contributed by atoms with Gasteiger partial charge in [0, 0.05) is 38.6 Å². The van der Waals surface area contributed by atoms with E-state index in [1.54, 1.807) is 16.7 Å². The Morgan fingerprint density at radius 3 is 2.47 bits per heavy atom. The Bertz CT molecular complexity index is 1010. The number of nitrogens with one attached hydrogen (secondary N) is 1. The first-order valence-electron chi connectivity index (χ1n) is 10.9. The molecule has 1 aliphatic heterocycles. The molecule has 3 rings (SSSR count). The van der Waals surface area contributed by atoms with Crippen LogP contribution in [0.2, 0.25) is 0 Å². The molecule has 1 saturated heterocycles. The van der Waals surface area contributed by atoms with Crippen molar-refractivity contribution in [2.24, 2.45) is 0 Å². The van der Waals surface area contributed by atoms with Crippen LogP contribution in [0.4, 0.5) is 19.1 Å². The number of anilines is 1. The van der Waals surface area contributed by atoms with Crippen molar-refractivity contribution in [1.29, 1.82) is 0 Å². The van der Waals surface area contributed by atoms with Gasteiger partial charge in [-0.2, -0.15) is 18.3 Å². The van der Waals surface area contributed by atoms with Crippen molar-refractivity contribution in [3.8, 4) is 5.75 Å². The minimum atomic E-state index is -4.48. The summed E-state index contributed by atoms with van der Waals surface area (Å²) in [6, 6.07) is 0. The van der Waals surface area contributed by atoms with E-state index in [1.807, 2.05) is 6.92 Å². The third-order valence-electron chi connectivity index (χ3n) is 5.45. The molecular weight excluding hydrogens is 457 g/mol. The number of aromatic amines is 1. The first-order valence-corrected chi connectivity index (χ1v) is 10.9. The smallest absolute Gasteiger partial charge is 0.419 e. The Hall–Kier alpha value is -3.22. The summed E-state index contributed by atoms with van der Waals surface area (Å²) in [6.45, 7) is 5.72. The average Bonchev–Trinajstić information content (AvgIpc) is 2.83. The zero-order chi connectivity index (χ0) is 24.7. The van der Waals surface area contributed by atoms with Crippen molar-refractivity contribution in [3.05, 3.63) is 40.1 Å². The highest BCUT2D eigenvalue weighted by Gasteiger charge is 2.32. The van der Waals surface area contributed by atoms with Crippen molar-refractivity contribution in [2.45, 2.75) is 39.0 Å². The SMILES string of the molecule is CC[C@H](COCCC(=O)N1CCN(c2ncc(C(F)(F)F)cn2)CC1)Oc1cn[nH]c(=O)c1C. The summed E-state index contributed by atoms with van der Waals surface area (Å²) in [6.07, 6.45) is -0.961. The maximum Gasteiger partial charge on any atom is 0.419 e. The number of alkyl halides is 3. The fourth-order valence-electron chi connectivity index (χ4n) is 3.29. The van der Waals surface area contributed by atoms with Crippen molar-refractivity contribution in [1.82, 2.24) is 25.1 Å². The molecule has 0 saturated carbocycles. The number of hydrogen-bond donors (Lipinski definition) is 1. The van der Waals surface area contributed by atoms with Crippen LogP contribution in [-0.2, 0) is 15.7 Å². The van der Waals surface area contributed by atoms with Crippen LogP contribution in [0.5, 0.6) is 5.75 Å². The Kier molecular flexibility index (Phi) is 8.42. The molecule has 0 bridgehead atoms. The van der Waals surface area contributed by atoms with Gasteiger partial charge in [0.05, 0.1) is 37.0 Å². The molecule has 2 aromatic rings. The molecule has 3 heterocycles. The molecule has 0 radical (unpaired) electrons. The Balaban J connectivity index is 1.39. The van der Waals surface area contributed by atoms with Gasteiger partial charge in [0.2, 0.25) is 11.9 Å². The minimum absolute atomic E-state index is 0.0726. The van der Waals surface area contributed by atoms with Gasteiger partial charge in [-0.15, -0.1) is 0 Å². The number of halogens is 3. The van der Waals surface area contributed by atoms with Crippen LogP contribution < -0.4 is 15.2 Å². The second kappa shape index (κ2) is 11.3. The van der Waals surface area contributed by atoms with E-state index in [0.717, 1.165) is 12.4 Å². The maximum atomic E-state index is 12.7. The monoisotopic (exact) mass is 484 g/mol. The molecule has 10 nitrogen and oxygen atoms in total. The van der Waals surface area contributed by atoms with Crippen LogP contribution in [0.25, 0.3) is 0 Å². The second-order valence-corrected chi connectivity index (χ2v) is 7.80. The molecule has 1 fully saturated rings. The number of amides is 1. The normalized spacial score (nSPS) is 15.3. The van der Waals surface area contributed by atoms with Crippen molar-refractivity contribution in [3.63, 3.8) is 0 Å². The lowest BCUT2D eigenvalue weighted by atomic mass is 10.2. The van der Waals surface area contributed by atoms with Gasteiger partial charge in [-0.25, -0.2) is 15.1 Å². The van der Waals surface area contributed by atoms with E-state index in [9.17, 15) is 22.8 Å². The predicted molar refractivity (Wildman–Crippen MR) is 116 cm³/mol. The number of piperazine rings is 1. The topological polar surface area (TPSA) is 114 Å². The highest BCUT2D eigenvalue weighted by Crippen LogP contribution is 2.28. The van der Waals surface area contributed by atoms with Gasteiger partial charge in [0.15, 0.2) is 0 Å². The molecule has 1 amide bonds. The van der Waals surface area contributed by atoms with E-state index in [-0.39, 0.29) is 43.2 Å². The Morgan fingerprint density at radius 2 is 1.85 bits per heavy atom. The standard InChI is InChI=1S/C21H27F3N6O4/c1-3-16(34-17-12-27-28-19(32)14(17)2)13-33-9-4-18(31)29-5-7-30(8-6-29)20-25-10-15(11-26-20)21(22,23)24/h10-12,16H,3-9,13H2,1-2H3,(H,28,32)/t16-/m1/s1. The third kappa shape index (κ3) is 6.65.